The molecule has 0 radical (unpaired) electrons. The van der Waals surface area contributed by atoms with Crippen LogP contribution in [0.1, 0.15) is 59.1 Å². The van der Waals surface area contributed by atoms with Crippen molar-refractivity contribution in [3.05, 3.63) is 29.8 Å². The lowest BCUT2D eigenvalue weighted by Gasteiger charge is -2.37. The van der Waals surface area contributed by atoms with Crippen LogP contribution in [0.3, 0.4) is 0 Å². The van der Waals surface area contributed by atoms with Gasteiger partial charge in [0.1, 0.15) is 0 Å². The summed E-state index contributed by atoms with van der Waals surface area (Å²) in [6.07, 6.45) is 2.56. The Morgan fingerprint density at radius 1 is 1.09 bits per heavy atom. The minimum Gasteiger partial charge on any atom is -0.314 e. The third-order valence-electron chi connectivity index (χ3n) is 4.30. The molecule has 23 heavy (non-hydrogen) atoms. The SMILES string of the molecule is CC(C)CC[C@@H](c1ccccc1SC(C)(C)C)N1CCNCC1. The van der Waals surface area contributed by atoms with Gasteiger partial charge in [0.05, 0.1) is 0 Å². The Labute approximate surface area is 147 Å². The van der Waals surface area contributed by atoms with E-state index in [1.165, 1.54) is 23.3 Å². The molecule has 0 aliphatic carbocycles. The molecule has 1 aliphatic heterocycles. The van der Waals surface area contributed by atoms with Gasteiger partial charge in [0.2, 0.25) is 0 Å². The van der Waals surface area contributed by atoms with Gasteiger partial charge in [-0.1, -0.05) is 52.8 Å². The van der Waals surface area contributed by atoms with Crippen molar-refractivity contribution in [3.8, 4) is 0 Å². The lowest BCUT2D eigenvalue weighted by molar-refractivity contribution is 0.158. The molecule has 0 unspecified atom stereocenters. The first-order valence-electron chi connectivity index (χ1n) is 9.09. The molecule has 1 atom stereocenters. The maximum atomic E-state index is 3.49. The summed E-state index contributed by atoms with van der Waals surface area (Å²) >= 11 is 2.01. The van der Waals surface area contributed by atoms with Crippen molar-refractivity contribution in [2.75, 3.05) is 26.2 Å². The third-order valence-corrected chi connectivity index (χ3v) is 5.51. The van der Waals surface area contributed by atoms with Crippen LogP contribution in [-0.4, -0.2) is 35.8 Å². The quantitative estimate of drug-likeness (QED) is 0.740. The average Bonchev–Trinajstić information content (AvgIpc) is 2.48. The molecule has 0 aromatic heterocycles. The van der Waals surface area contributed by atoms with E-state index >= 15 is 0 Å². The molecular formula is C20H34N2S. The van der Waals surface area contributed by atoms with Gasteiger partial charge in [-0.3, -0.25) is 4.90 Å². The van der Waals surface area contributed by atoms with E-state index in [4.69, 9.17) is 0 Å². The van der Waals surface area contributed by atoms with Gasteiger partial charge in [-0.25, -0.2) is 0 Å². The van der Waals surface area contributed by atoms with Crippen molar-refractivity contribution in [1.29, 1.82) is 0 Å². The van der Waals surface area contributed by atoms with Crippen LogP contribution in [0.25, 0.3) is 0 Å². The minimum atomic E-state index is 0.252. The Bertz CT molecular complexity index is 473. The largest absolute Gasteiger partial charge is 0.314 e. The van der Waals surface area contributed by atoms with Crippen molar-refractivity contribution in [3.63, 3.8) is 0 Å². The Morgan fingerprint density at radius 3 is 2.35 bits per heavy atom. The Kier molecular flexibility index (Phi) is 7.00. The zero-order chi connectivity index (χ0) is 16.9. The summed E-state index contributed by atoms with van der Waals surface area (Å²) in [6.45, 7) is 16.2. The fourth-order valence-electron chi connectivity index (χ4n) is 3.20. The molecule has 1 aromatic carbocycles. The second-order valence-electron chi connectivity index (χ2n) is 8.03. The highest BCUT2D eigenvalue weighted by molar-refractivity contribution is 8.00. The zero-order valence-corrected chi connectivity index (χ0v) is 16.4. The fourth-order valence-corrected chi connectivity index (χ4v) is 4.33. The molecule has 1 saturated heterocycles. The van der Waals surface area contributed by atoms with Gasteiger partial charge in [0.25, 0.3) is 0 Å². The van der Waals surface area contributed by atoms with Crippen LogP contribution in [0.5, 0.6) is 0 Å². The number of rotatable bonds is 6. The summed E-state index contributed by atoms with van der Waals surface area (Å²) < 4.78 is 0.252. The zero-order valence-electron chi connectivity index (χ0n) is 15.6. The van der Waals surface area contributed by atoms with Crippen LogP contribution in [0.15, 0.2) is 29.2 Å². The highest BCUT2D eigenvalue weighted by Crippen LogP contribution is 2.39. The number of hydrogen-bond acceptors (Lipinski definition) is 3. The highest BCUT2D eigenvalue weighted by Gasteiger charge is 2.25. The lowest BCUT2D eigenvalue weighted by atomic mass is 9.95. The van der Waals surface area contributed by atoms with Crippen LogP contribution >= 0.6 is 11.8 Å². The molecule has 1 N–H and O–H groups in total. The molecule has 1 fully saturated rings. The molecule has 1 aliphatic rings. The molecule has 3 heteroatoms. The number of hydrogen-bond donors (Lipinski definition) is 1. The highest BCUT2D eigenvalue weighted by atomic mass is 32.2. The predicted molar refractivity (Wildman–Crippen MR) is 103 cm³/mol. The van der Waals surface area contributed by atoms with Crippen molar-refractivity contribution >= 4 is 11.8 Å². The first-order chi connectivity index (χ1) is 10.9. The van der Waals surface area contributed by atoms with Crippen molar-refractivity contribution < 1.29 is 0 Å². The molecular weight excluding hydrogens is 300 g/mol. The van der Waals surface area contributed by atoms with E-state index in [0.29, 0.717) is 6.04 Å². The van der Waals surface area contributed by atoms with Crippen molar-refractivity contribution in [2.45, 2.75) is 63.1 Å². The van der Waals surface area contributed by atoms with Gasteiger partial charge in [-0.15, -0.1) is 11.8 Å². The second kappa shape index (κ2) is 8.55. The average molecular weight is 335 g/mol. The monoisotopic (exact) mass is 334 g/mol. The van der Waals surface area contributed by atoms with Gasteiger partial charge in [-0.2, -0.15) is 0 Å². The van der Waals surface area contributed by atoms with Crippen LogP contribution in [0.2, 0.25) is 0 Å². The second-order valence-corrected chi connectivity index (χ2v) is 9.89. The van der Waals surface area contributed by atoms with E-state index < -0.39 is 0 Å². The molecule has 2 rings (SSSR count). The topological polar surface area (TPSA) is 15.3 Å². The van der Waals surface area contributed by atoms with Crippen molar-refractivity contribution in [2.24, 2.45) is 5.92 Å². The van der Waals surface area contributed by atoms with Crippen LogP contribution in [-0.2, 0) is 0 Å². The van der Waals surface area contributed by atoms with Gasteiger partial charge in [0.15, 0.2) is 0 Å². The minimum absolute atomic E-state index is 0.252. The first kappa shape index (κ1) is 18.8. The van der Waals surface area contributed by atoms with E-state index in [9.17, 15) is 0 Å². The first-order valence-corrected chi connectivity index (χ1v) is 9.91. The van der Waals surface area contributed by atoms with Gasteiger partial charge in [-0.05, 0) is 30.4 Å². The van der Waals surface area contributed by atoms with E-state index in [2.05, 4.69) is 69.1 Å². The van der Waals surface area contributed by atoms with Gasteiger partial charge in [0, 0.05) is 41.9 Å². The summed E-state index contributed by atoms with van der Waals surface area (Å²) in [7, 11) is 0. The van der Waals surface area contributed by atoms with E-state index in [0.717, 1.165) is 32.1 Å². The maximum Gasteiger partial charge on any atom is 0.0360 e. The molecule has 0 saturated carbocycles. The van der Waals surface area contributed by atoms with E-state index in [1.54, 1.807) is 0 Å². The molecule has 0 spiro atoms. The number of thioether (sulfide) groups is 1. The standard InChI is InChI=1S/C20H34N2S/c1-16(2)10-11-18(22-14-12-21-13-15-22)17-8-6-7-9-19(17)23-20(3,4)5/h6-9,16,18,21H,10-15H2,1-5H3/t18-/m0/s1. The Morgan fingerprint density at radius 2 is 1.74 bits per heavy atom. The fraction of sp³-hybridized carbons (Fsp3) is 0.700. The summed E-state index contributed by atoms with van der Waals surface area (Å²) in [5.74, 6) is 0.767. The predicted octanol–water partition coefficient (Wildman–Crippen LogP) is 4.96. The Balaban J connectivity index is 2.26. The van der Waals surface area contributed by atoms with Gasteiger partial charge < -0.3 is 5.32 Å². The lowest BCUT2D eigenvalue weighted by Crippen LogP contribution is -2.45. The molecule has 1 aromatic rings. The third kappa shape index (κ3) is 6.13. The normalized spacial score (nSPS) is 18.3. The van der Waals surface area contributed by atoms with Crippen LogP contribution in [0, 0.1) is 5.92 Å². The van der Waals surface area contributed by atoms with E-state index in [1.807, 2.05) is 11.8 Å². The number of benzene rings is 1. The maximum absolute atomic E-state index is 3.49. The number of piperazine rings is 1. The smallest absolute Gasteiger partial charge is 0.0360 e. The van der Waals surface area contributed by atoms with Crippen molar-refractivity contribution in [1.82, 2.24) is 10.2 Å². The molecule has 0 amide bonds. The summed E-state index contributed by atoms with van der Waals surface area (Å²) in [4.78, 5) is 4.16. The molecule has 1 heterocycles. The molecule has 2 nitrogen and oxygen atoms in total. The van der Waals surface area contributed by atoms with Gasteiger partial charge >= 0.3 is 0 Å². The molecule has 130 valence electrons. The molecule has 0 bridgehead atoms. The number of nitrogens with one attached hydrogen (secondary N) is 1. The number of nitrogens with zero attached hydrogens (tertiary/aromatic N) is 1. The van der Waals surface area contributed by atoms with E-state index in [-0.39, 0.29) is 4.75 Å². The summed E-state index contributed by atoms with van der Waals surface area (Å²) in [5.41, 5.74) is 1.54. The Hall–Kier alpha value is -0.510. The van der Waals surface area contributed by atoms with Crippen LogP contribution in [0.4, 0.5) is 0 Å². The summed E-state index contributed by atoms with van der Waals surface area (Å²) in [6, 6.07) is 9.64. The van der Waals surface area contributed by atoms with Crippen LogP contribution < -0.4 is 5.32 Å². The summed E-state index contributed by atoms with van der Waals surface area (Å²) in [5, 5.41) is 3.49.